The van der Waals surface area contributed by atoms with Gasteiger partial charge in [-0.15, -0.1) is 0 Å². The van der Waals surface area contributed by atoms with Gasteiger partial charge in [0.2, 0.25) is 0 Å². The first-order valence-electron chi connectivity index (χ1n) is 10.7. The average Bonchev–Trinajstić information content (AvgIpc) is 2.65. The molecular weight excluding hydrogens is 572 g/mol. The molecule has 0 saturated carbocycles. The van der Waals surface area contributed by atoms with E-state index in [1.165, 1.54) is 82.1 Å². The van der Waals surface area contributed by atoms with Crippen LogP contribution >= 0.6 is 45.7 Å². The molecule has 0 heterocycles. The third-order valence-corrected chi connectivity index (χ3v) is 5.89. The summed E-state index contributed by atoms with van der Waals surface area (Å²) in [6.07, 6.45) is 16.1. The highest BCUT2D eigenvalue weighted by molar-refractivity contribution is 14.1. The molecule has 1 unspecified atom stereocenters. The van der Waals surface area contributed by atoms with E-state index in [4.69, 9.17) is 0 Å². The molecule has 0 spiro atoms. The van der Waals surface area contributed by atoms with Crippen molar-refractivity contribution in [1.29, 1.82) is 0 Å². The lowest BCUT2D eigenvalue weighted by Gasteiger charge is -2.20. The minimum atomic E-state index is 0.595. The summed E-state index contributed by atoms with van der Waals surface area (Å²) in [5.41, 5.74) is 2.53. The molecular formula is C23H39I2N3. The minimum absolute atomic E-state index is 0.595. The van der Waals surface area contributed by atoms with Gasteiger partial charge in [0.25, 0.3) is 0 Å². The standard InChI is InChI=1S/C23H39I2N3/c1-4-12-21-15-17-23(18-16-21)26-22(14-9-7-11-20-28(3)25)13-8-5-6-10-19-27(2)24/h4,12,15-18,22,26H,5-11,13-14,19-20H2,1-3H3/b12-4+. The second-order valence-electron chi connectivity index (χ2n) is 7.67. The summed E-state index contributed by atoms with van der Waals surface area (Å²) in [6, 6.07) is 9.46. The Labute approximate surface area is 201 Å². The van der Waals surface area contributed by atoms with E-state index in [-0.39, 0.29) is 0 Å². The second kappa shape index (κ2) is 16.9. The first-order chi connectivity index (χ1) is 13.5. The van der Waals surface area contributed by atoms with E-state index < -0.39 is 0 Å². The number of allylic oxidation sites excluding steroid dienone is 1. The highest BCUT2D eigenvalue weighted by atomic mass is 127. The Bertz CT molecular complexity index is 515. The molecule has 0 aliphatic heterocycles. The summed E-state index contributed by atoms with van der Waals surface area (Å²) in [6.45, 7) is 4.46. The largest absolute Gasteiger partial charge is 0.382 e. The van der Waals surface area contributed by atoms with Crippen molar-refractivity contribution in [1.82, 2.24) is 6.23 Å². The quantitative estimate of drug-likeness (QED) is 0.118. The van der Waals surface area contributed by atoms with Gasteiger partial charge in [-0.3, -0.25) is 6.23 Å². The van der Waals surface area contributed by atoms with Gasteiger partial charge in [-0.05, 0) is 64.4 Å². The van der Waals surface area contributed by atoms with Crippen molar-refractivity contribution < 1.29 is 0 Å². The van der Waals surface area contributed by atoms with Crippen molar-refractivity contribution in [2.24, 2.45) is 0 Å². The van der Waals surface area contributed by atoms with Gasteiger partial charge in [0.15, 0.2) is 0 Å². The topological polar surface area (TPSA) is 18.5 Å². The number of unbranched alkanes of at least 4 members (excludes halogenated alkanes) is 5. The Morgan fingerprint density at radius 3 is 1.82 bits per heavy atom. The lowest BCUT2D eigenvalue weighted by atomic mass is 10.0. The molecule has 0 radical (unpaired) electrons. The maximum atomic E-state index is 3.81. The summed E-state index contributed by atoms with van der Waals surface area (Å²) in [4.78, 5) is 0. The van der Waals surface area contributed by atoms with Crippen LogP contribution in [0.2, 0.25) is 0 Å². The van der Waals surface area contributed by atoms with E-state index in [9.17, 15) is 0 Å². The number of benzene rings is 1. The van der Waals surface area contributed by atoms with Crippen molar-refractivity contribution >= 4 is 57.5 Å². The molecule has 0 saturated heterocycles. The van der Waals surface area contributed by atoms with Crippen LogP contribution < -0.4 is 5.32 Å². The fraction of sp³-hybridized carbons (Fsp3) is 0.652. The Balaban J connectivity index is 2.42. The SMILES string of the molecule is C/C=C/c1ccc(NC(CCCCCCN(C)I)CCCCCN(C)I)cc1. The third-order valence-electron chi connectivity index (χ3n) is 4.93. The molecule has 1 aromatic carbocycles. The predicted molar refractivity (Wildman–Crippen MR) is 143 cm³/mol. The van der Waals surface area contributed by atoms with Crippen LogP contribution in [-0.2, 0) is 0 Å². The van der Waals surface area contributed by atoms with Gasteiger partial charge in [0, 0.05) is 70.5 Å². The third kappa shape index (κ3) is 14.2. The van der Waals surface area contributed by atoms with Gasteiger partial charge in [0.05, 0.1) is 0 Å². The summed E-state index contributed by atoms with van der Waals surface area (Å²) in [7, 11) is 4.30. The zero-order valence-electron chi connectivity index (χ0n) is 18.0. The smallest absolute Gasteiger partial charge is 0.0342 e. The molecule has 0 amide bonds. The fourth-order valence-electron chi connectivity index (χ4n) is 3.38. The zero-order chi connectivity index (χ0) is 20.6. The average molecular weight is 611 g/mol. The van der Waals surface area contributed by atoms with Crippen molar-refractivity contribution in [2.45, 2.75) is 70.8 Å². The van der Waals surface area contributed by atoms with Crippen LogP contribution in [0.15, 0.2) is 30.3 Å². The van der Waals surface area contributed by atoms with Crippen LogP contribution in [0, 0.1) is 0 Å². The summed E-state index contributed by atoms with van der Waals surface area (Å²) in [5.74, 6) is 0. The molecule has 0 aliphatic carbocycles. The molecule has 0 bridgehead atoms. The molecule has 3 nitrogen and oxygen atoms in total. The Hall–Kier alpha value is 0.140. The van der Waals surface area contributed by atoms with Crippen molar-refractivity contribution in [2.75, 3.05) is 32.5 Å². The van der Waals surface area contributed by atoms with Crippen molar-refractivity contribution in [3.63, 3.8) is 0 Å². The number of nitrogens with zero attached hydrogens (tertiary/aromatic N) is 2. The molecule has 5 heteroatoms. The number of halogens is 2. The second-order valence-corrected chi connectivity index (χ2v) is 11.0. The maximum Gasteiger partial charge on any atom is 0.0342 e. The molecule has 160 valence electrons. The van der Waals surface area contributed by atoms with Gasteiger partial charge < -0.3 is 5.32 Å². The van der Waals surface area contributed by atoms with Crippen LogP contribution in [-0.4, -0.2) is 39.5 Å². The highest BCUT2D eigenvalue weighted by Crippen LogP contribution is 2.19. The van der Waals surface area contributed by atoms with Gasteiger partial charge in [-0.1, -0.05) is 56.4 Å². The van der Waals surface area contributed by atoms with Crippen molar-refractivity contribution in [3.05, 3.63) is 35.9 Å². The van der Waals surface area contributed by atoms with Gasteiger partial charge >= 0.3 is 0 Å². The lowest BCUT2D eigenvalue weighted by Crippen LogP contribution is -2.19. The van der Waals surface area contributed by atoms with Crippen LogP contribution in [0.25, 0.3) is 6.08 Å². The van der Waals surface area contributed by atoms with E-state index in [0.29, 0.717) is 6.04 Å². The monoisotopic (exact) mass is 611 g/mol. The van der Waals surface area contributed by atoms with E-state index in [2.05, 4.69) is 115 Å². The number of rotatable bonds is 16. The first-order valence-corrected chi connectivity index (χ1v) is 12.7. The number of hydrogen-bond donors (Lipinski definition) is 1. The molecule has 0 aromatic heterocycles. The van der Waals surface area contributed by atoms with Gasteiger partial charge in [-0.2, -0.15) is 0 Å². The number of nitrogens with one attached hydrogen (secondary N) is 1. The van der Waals surface area contributed by atoms with E-state index in [1.807, 2.05) is 0 Å². The maximum absolute atomic E-state index is 3.81. The van der Waals surface area contributed by atoms with Crippen LogP contribution in [0.5, 0.6) is 0 Å². The number of hydrogen-bond acceptors (Lipinski definition) is 3. The Morgan fingerprint density at radius 1 is 0.821 bits per heavy atom. The minimum Gasteiger partial charge on any atom is -0.382 e. The molecule has 0 fully saturated rings. The summed E-state index contributed by atoms with van der Waals surface area (Å²) < 4.78 is 4.51. The predicted octanol–water partition coefficient (Wildman–Crippen LogP) is 7.57. The van der Waals surface area contributed by atoms with Crippen molar-refractivity contribution in [3.8, 4) is 0 Å². The lowest BCUT2D eigenvalue weighted by molar-refractivity contribution is 0.486. The zero-order valence-corrected chi connectivity index (χ0v) is 22.3. The van der Waals surface area contributed by atoms with Crippen LogP contribution in [0.1, 0.15) is 70.3 Å². The van der Waals surface area contributed by atoms with Crippen LogP contribution in [0.4, 0.5) is 5.69 Å². The number of anilines is 1. The Morgan fingerprint density at radius 2 is 1.32 bits per heavy atom. The summed E-state index contributed by atoms with van der Waals surface area (Å²) >= 11 is 4.75. The first kappa shape index (κ1) is 26.2. The molecule has 28 heavy (non-hydrogen) atoms. The van der Waals surface area contributed by atoms with E-state index in [1.54, 1.807) is 0 Å². The van der Waals surface area contributed by atoms with E-state index >= 15 is 0 Å². The molecule has 0 aliphatic rings. The van der Waals surface area contributed by atoms with E-state index in [0.717, 1.165) is 0 Å². The summed E-state index contributed by atoms with van der Waals surface area (Å²) in [5, 5.41) is 3.81. The van der Waals surface area contributed by atoms with Crippen LogP contribution in [0.3, 0.4) is 0 Å². The van der Waals surface area contributed by atoms with Gasteiger partial charge in [-0.25, -0.2) is 0 Å². The highest BCUT2D eigenvalue weighted by Gasteiger charge is 2.09. The molecule has 1 atom stereocenters. The molecule has 1 N–H and O–H groups in total. The van der Waals surface area contributed by atoms with Gasteiger partial charge in [0.1, 0.15) is 0 Å². The normalized spacial score (nSPS) is 13.0. The fourth-order valence-corrected chi connectivity index (χ4v) is 4.06. The molecule has 1 aromatic rings. The Kier molecular flexibility index (Phi) is 15.8. The molecule has 1 rings (SSSR count).